The Morgan fingerprint density at radius 3 is 2.29 bits per heavy atom. The van der Waals surface area contributed by atoms with Crippen molar-refractivity contribution in [2.24, 2.45) is 11.1 Å². The van der Waals surface area contributed by atoms with E-state index in [-0.39, 0.29) is 5.91 Å². The summed E-state index contributed by atoms with van der Waals surface area (Å²) in [6.07, 6.45) is 8.00. The van der Waals surface area contributed by atoms with Gasteiger partial charge in [0.2, 0.25) is 5.91 Å². The van der Waals surface area contributed by atoms with Gasteiger partial charge in [0.05, 0.1) is 5.54 Å². The fraction of sp³-hybridized carbons (Fsp3) is 0.941. The molecule has 0 aromatic carbocycles. The lowest BCUT2D eigenvalue weighted by Crippen LogP contribution is -2.55. The van der Waals surface area contributed by atoms with E-state index in [0.717, 1.165) is 25.8 Å². The third-order valence-electron chi connectivity index (χ3n) is 5.94. The second-order valence-corrected chi connectivity index (χ2v) is 7.93. The number of carbonyl (C=O) groups is 1. The molecule has 4 nitrogen and oxygen atoms in total. The van der Waals surface area contributed by atoms with E-state index in [1.807, 2.05) is 6.92 Å². The number of carbonyl (C=O) groups excluding carboxylic acids is 1. The van der Waals surface area contributed by atoms with Gasteiger partial charge in [-0.05, 0) is 64.0 Å². The number of hydrogen-bond acceptors (Lipinski definition) is 3. The molecular weight excluding hydrogens is 262 g/mol. The van der Waals surface area contributed by atoms with Crippen LogP contribution in [0.25, 0.3) is 0 Å². The number of likely N-dealkylation sites (N-methyl/N-ethyl adjacent to an activating group) is 1. The van der Waals surface area contributed by atoms with Crippen LogP contribution in [0.5, 0.6) is 0 Å². The Kier molecular flexibility index (Phi) is 4.99. The smallest absolute Gasteiger partial charge is 0.237 e. The number of primary amides is 1. The summed E-state index contributed by atoms with van der Waals surface area (Å²) >= 11 is 0. The molecule has 2 unspecified atom stereocenters. The Morgan fingerprint density at radius 2 is 1.76 bits per heavy atom. The van der Waals surface area contributed by atoms with Crippen LogP contribution in [0, 0.1) is 5.41 Å². The topological polar surface area (TPSA) is 58.4 Å². The van der Waals surface area contributed by atoms with Gasteiger partial charge < -0.3 is 16.0 Å². The van der Waals surface area contributed by atoms with Gasteiger partial charge in [-0.2, -0.15) is 0 Å². The second-order valence-electron chi connectivity index (χ2n) is 7.93. The van der Waals surface area contributed by atoms with E-state index < -0.39 is 5.54 Å². The minimum absolute atomic E-state index is 0.176. The molecule has 122 valence electrons. The number of rotatable bonds is 5. The summed E-state index contributed by atoms with van der Waals surface area (Å²) in [5.74, 6) is -0.176. The monoisotopic (exact) mass is 295 g/mol. The van der Waals surface area contributed by atoms with Crippen molar-refractivity contribution in [1.82, 2.24) is 10.2 Å². The molecule has 0 aromatic rings. The number of amides is 1. The van der Waals surface area contributed by atoms with E-state index in [2.05, 4.69) is 31.1 Å². The van der Waals surface area contributed by atoms with E-state index in [9.17, 15) is 4.79 Å². The molecule has 0 saturated heterocycles. The van der Waals surface area contributed by atoms with Crippen molar-refractivity contribution in [2.45, 2.75) is 83.3 Å². The molecule has 2 aliphatic rings. The van der Waals surface area contributed by atoms with Gasteiger partial charge in [-0.1, -0.05) is 20.8 Å². The van der Waals surface area contributed by atoms with E-state index in [4.69, 9.17) is 5.73 Å². The fourth-order valence-corrected chi connectivity index (χ4v) is 4.27. The molecule has 2 atom stereocenters. The summed E-state index contributed by atoms with van der Waals surface area (Å²) in [5.41, 5.74) is 5.71. The predicted molar refractivity (Wildman–Crippen MR) is 87.0 cm³/mol. The highest BCUT2D eigenvalue weighted by Gasteiger charge is 2.45. The van der Waals surface area contributed by atoms with Gasteiger partial charge in [-0.25, -0.2) is 0 Å². The Bertz CT molecular complexity index is 372. The van der Waals surface area contributed by atoms with Crippen LogP contribution in [-0.4, -0.2) is 42.0 Å². The van der Waals surface area contributed by atoms with Crippen LogP contribution < -0.4 is 11.1 Å². The number of nitrogens with two attached hydrogens (primary N) is 1. The third-order valence-corrected chi connectivity index (χ3v) is 5.94. The van der Waals surface area contributed by atoms with Crippen molar-refractivity contribution >= 4 is 5.91 Å². The minimum atomic E-state index is -0.471. The maximum Gasteiger partial charge on any atom is 0.237 e. The van der Waals surface area contributed by atoms with Crippen LogP contribution in [0.1, 0.15) is 65.7 Å². The largest absolute Gasteiger partial charge is 0.368 e. The maximum atomic E-state index is 11.9. The molecule has 1 amide bonds. The highest BCUT2D eigenvalue weighted by atomic mass is 16.1. The Hall–Kier alpha value is -0.610. The van der Waals surface area contributed by atoms with Gasteiger partial charge in [0, 0.05) is 12.1 Å². The second kappa shape index (κ2) is 6.25. The van der Waals surface area contributed by atoms with E-state index in [1.165, 1.54) is 25.7 Å². The zero-order chi connectivity index (χ0) is 15.7. The summed E-state index contributed by atoms with van der Waals surface area (Å²) in [5, 5.41) is 3.36. The average molecular weight is 295 g/mol. The minimum Gasteiger partial charge on any atom is -0.368 e. The quantitative estimate of drug-likeness (QED) is 0.818. The van der Waals surface area contributed by atoms with Gasteiger partial charge >= 0.3 is 0 Å². The van der Waals surface area contributed by atoms with Crippen LogP contribution in [0.15, 0.2) is 0 Å². The fourth-order valence-electron chi connectivity index (χ4n) is 4.27. The van der Waals surface area contributed by atoms with Gasteiger partial charge in [-0.3, -0.25) is 4.79 Å². The summed E-state index contributed by atoms with van der Waals surface area (Å²) < 4.78 is 0. The average Bonchev–Trinajstić information content (AvgIpc) is 2.84. The van der Waals surface area contributed by atoms with Crippen molar-refractivity contribution in [3.63, 3.8) is 0 Å². The first kappa shape index (κ1) is 16.8. The third kappa shape index (κ3) is 3.59. The van der Waals surface area contributed by atoms with E-state index in [1.54, 1.807) is 0 Å². The lowest BCUT2D eigenvalue weighted by molar-refractivity contribution is -0.124. The molecule has 2 rings (SSSR count). The first-order valence-electron chi connectivity index (χ1n) is 8.56. The number of nitrogens with one attached hydrogen (secondary N) is 1. The standard InChI is InChI=1S/C17H33N3O/c1-5-19-17(15(18)21)11-8-14(12-17)20(4)13-6-9-16(2,3)10-7-13/h13-14,19H,5-12H2,1-4H3,(H2,18,21). The first-order valence-corrected chi connectivity index (χ1v) is 8.56. The molecule has 3 N–H and O–H groups in total. The lowest BCUT2D eigenvalue weighted by Gasteiger charge is -2.41. The molecule has 0 radical (unpaired) electrons. The summed E-state index contributed by atoms with van der Waals surface area (Å²) in [4.78, 5) is 14.4. The molecule has 2 aliphatic carbocycles. The highest BCUT2D eigenvalue weighted by molar-refractivity contribution is 5.85. The van der Waals surface area contributed by atoms with Gasteiger partial charge in [0.15, 0.2) is 0 Å². The normalized spacial score (nSPS) is 33.5. The summed E-state index contributed by atoms with van der Waals surface area (Å²) in [6, 6.07) is 1.16. The number of hydrogen-bond donors (Lipinski definition) is 2. The number of nitrogens with zero attached hydrogens (tertiary/aromatic N) is 1. The first-order chi connectivity index (χ1) is 9.80. The van der Waals surface area contributed by atoms with Crippen molar-refractivity contribution in [2.75, 3.05) is 13.6 Å². The maximum absolute atomic E-state index is 11.9. The molecule has 0 bridgehead atoms. The Balaban J connectivity index is 1.96. The van der Waals surface area contributed by atoms with Gasteiger partial charge in [0.25, 0.3) is 0 Å². The van der Waals surface area contributed by atoms with Crippen LogP contribution in [0.4, 0.5) is 0 Å². The molecular formula is C17H33N3O. The van der Waals surface area contributed by atoms with Crippen LogP contribution >= 0.6 is 0 Å². The SMILES string of the molecule is CCNC1(C(N)=O)CCC(N(C)C2CCC(C)(C)CC2)C1. The van der Waals surface area contributed by atoms with Crippen molar-refractivity contribution in [1.29, 1.82) is 0 Å². The van der Waals surface area contributed by atoms with Gasteiger partial charge in [0.1, 0.15) is 0 Å². The summed E-state index contributed by atoms with van der Waals surface area (Å²) in [7, 11) is 2.25. The Labute approximate surface area is 129 Å². The van der Waals surface area contributed by atoms with Crippen LogP contribution in [0.3, 0.4) is 0 Å². The van der Waals surface area contributed by atoms with E-state index >= 15 is 0 Å². The molecule has 0 heterocycles. The zero-order valence-electron chi connectivity index (χ0n) is 14.2. The predicted octanol–water partition coefficient (Wildman–Crippen LogP) is 2.27. The van der Waals surface area contributed by atoms with Crippen molar-refractivity contribution in [3.8, 4) is 0 Å². The summed E-state index contributed by atoms with van der Waals surface area (Å²) in [6.45, 7) is 7.60. The van der Waals surface area contributed by atoms with Crippen LogP contribution in [0.2, 0.25) is 0 Å². The van der Waals surface area contributed by atoms with E-state index in [0.29, 0.717) is 17.5 Å². The molecule has 4 heteroatoms. The molecule has 0 spiro atoms. The van der Waals surface area contributed by atoms with Gasteiger partial charge in [-0.15, -0.1) is 0 Å². The lowest BCUT2D eigenvalue weighted by atomic mass is 9.75. The molecule has 2 fully saturated rings. The van der Waals surface area contributed by atoms with Crippen molar-refractivity contribution < 1.29 is 4.79 Å². The molecule has 0 aromatic heterocycles. The van der Waals surface area contributed by atoms with Crippen LogP contribution in [-0.2, 0) is 4.79 Å². The van der Waals surface area contributed by atoms with Crippen molar-refractivity contribution in [3.05, 3.63) is 0 Å². The zero-order valence-corrected chi connectivity index (χ0v) is 14.2. The highest BCUT2D eigenvalue weighted by Crippen LogP contribution is 2.40. The molecule has 21 heavy (non-hydrogen) atoms. The Morgan fingerprint density at radius 1 is 1.19 bits per heavy atom. The molecule has 0 aliphatic heterocycles. The molecule has 2 saturated carbocycles.